The van der Waals surface area contributed by atoms with Crippen LogP contribution in [0, 0.1) is 11.8 Å². The Labute approximate surface area is 105 Å². The molecule has 0 amide bonds. The summed E-state index contributed by atoms with van der Waals surface area (Å²) in [4.78, 5) is 12.2. The lowest BCUT2D eigenvalue weighted by Crippen LogP contribution is -2.60. The molecule has 3 heteroatoms. The molecule has 0 bridgehead atoms. The van der Waals surface area contributed by atoms with Gasteiger partial charge in [-0.2, -0.15) is 0 Å². The maximum absolute atomic E-state index is 12.2. The lowest BCUT2D eigenvalue weighted by molar-refractivity contribution is -0.153. The van der Waals surface area contributed by atoms with Gasteiger partial charge < -0.3 is 10.1 Å². The molecule has 17 heavy (non-hydrogen) atoms. The zero-order valence-electron chi connectivity index (χ0n) is 11.7. The van der Waals surface area contributed by atoms with Crippen molar-refractivity contribution in [2.45, 2.75) is 58.4 Å². The smallest absolute Gasteiger partial charge is 0.326 e. The van der Waals surface area contributed by atoms with Gasteiger partial charge >= 0.3 is 5.97 Å². The van der Waals surface area contributed by atoms with Crippen LogP contribution in [-0.4, -0.2) is 25.2 Å². The topological polar surface area (TPSA) is 38.3 Å². The second kappa shape index (κ2) is 6.39. The maximum Gasteiger partial charge on any atom is 0.326 e. The van der Waals surface area contributed by atoms with Gasteiger partial charge in [0, 0.05) is 0 Å². The first-order chi connectivity index (χ1) is 8.06. The van der Waals surface area contributed by atoms with Crippen LogP contribution in [0.3, 0.4) is 0 Å². The third-order valence-corrected chi connectivity index (χ3v) is 3.94. The van der Waals surface area contributed by atoms with Gasteiger partial charge in [0.25, 0.3) is 0 Å². The van der Waals surface area contributed by atoms with Crippen molar-refractivity contribution in [3.05, 3.63) is 0 Å². The number of rotatable bonds is 5. The molecule has 0 radical (unpaired) electrons. The van der Waals surface area contributed by atoms with Crippen LogP contribution in [0.25, 0.3) is 0 Å². The van der Waals surface area contributed by atoms with Crippen LogP contribution in [0.1, 0.15) is 52.9 Å². The zero-order chi connectivity index (χ0) is 12.9. The van der Waals surface area contributed by atoms with E-state index in [1.807, 2.05) is 0 Å². The molecule has 0 aliphatic heterocycles. The van der Waals surface area contributed by atoms with Crippen LogP contribution in [0.15, 0.2) is 0 Å². The van der Waals surface area contributed by atoms with Crippen LogP contribution in [0.5, 0.6) is 0 Å². The van der Waals surface area contributed by atoms with Crippen LogP contribution in [0.2, 0.25) is 0 Å². The van der Waals surface area contributed by atoms with E-state index in [1.54, 1.807) is 0 Å². The van der Waals surface area contributed by atoms with Gasteiger partial charge in [-0.1, -0.05) is 40.0 Å². The Balaban J connectivity index is 2.85. The molecular formula is C14H27NO2. The number of hydrogen-bond acceptors (Lipinski definition) is 3. The van der Waals surface area contributed by atoms with E-state index in [1.165, 1.54) is 13.5 Å². The van der Waals surface area contributed by atoms with Gasteiger partial charge in [-0.05, 0) is 31.2 Å². The molecule has 1 rings (SSSR count). The number of hydrogen-bond donors (Lipinski definition) is 1. The van der Waals surface area contributed by atoms with E-state index in [-0.39, 0.29) is 5.97 Å². The van der Waals surface area contributed by atoms with E-state index in [0.717, 1.165) is 32.2 Å². The molecule has 2 atom stereocenters. The Bertz CT molecular complexity index is 253. The first kappa shape index (κ1) is 14.5. The highest BCUT2D eigenvalue weighted by atomic mass is 16.5. The Morgan fingerprint density at radius 2 is 2.18 bits per heavy atom. The second-order valence-corrected chi connectivity index (χ2v) is 5.59. The average molecular weight is 241 g/mol. The quantitative estimate of drug-likeness (QED) is 0.752. The van der Waals surface area contributed by atoms with Crippen molar-refractivity contribution in [1.82, 2.24) is 5.32 Å². The molecule has 0 spiro atoms. The van der Waals surface area contributed by atoms with Gasteiger partial charge in [0.2, 0.25) is 0 Å². The normalized spacial score (nSPS) is 29.4. The van der Waals surface area contributed by atoms with Gasteiger partial charge in [0.1, 0.15) is 5.54 Å². The molecule has 100 valence electrons. The highest BCUT2D eigenvalue weighted by molar-refractivity contribution is 5.81. The van der Waals surface area contributed by atoms with E-state index < -0.39 is 5.54 Å². The fraction of sp³-hybridized carbons (Fsp3) is 0.929. The summed E-state index contributed by atoms with van der Waals surface area (Å²) in [5.41, 5.74) is -0.425. The van der Waals surface area contributed by atoms with Crippen molar-refractivity contribution >= 4 is 5.97 Å². The first-order valence-electron chi connectivity index (χ1n) is 6.90. The first-order valence-corrected chi connectivity index (χ1v) is 6.90. The van der Waals surface area contributed by atoms with Crippen molar-refractivity contribution in [3.8, 4) is 0 Å². The van der Waals surface area contributed by atoms with Crippen molar-refractivity contribution in [2.75, 3.05) is 13.7 Å². The van der Waals surface area contributed by atoms with E-state index in [0.29, 0.717) is 11.8 Å². The van der Waals surface area contributed by atoms with Crippen molar-refractivity contribution in [3.63, 3.8) is 0 Å². The summed E-state index contributed by atoms with van der Waals surface area (Å²) in [5, 5.41) is 3.51. The highest BCUT2D eigenvalue weighted by Crippen LogP contribution is 2.37. The number of carbonyl (C=O) groups excluding carboxylic acids is 1. The molecule has 1 fully saturated rings. The Morgan fingerprint density at radius 1 is 1.47 bits per heavy atom. The van der Waals surface area contributed by atoms with Crippen LogP contribution in [0.4, 0.5) is 0 Å². The van der Waals surface area contributed by atoms with Crippen LogP contribution < -0.4 is 5.32 Å². The van der Waals surface area contributed by atoms with E-state index in [9.17, 15) is 4.79 Å². The van der Waals surface area contributed by atoms with E-state index in [2.05, 4.69) is 26.1 Å². The molecule has 0 aromatic rings. The predicted octanol–water partition coefficient (Wildman–Crippen LogP) is 2.74. The number of esters is 1. The molecule has 1 N–H and O–H groups in total. The molecule has 1 aliphatic carbocycles. The van der Waals surface area contributed by atoms with Gasteiger partial charge in [-0.15, -0.1) is 0 Å². The summed E-state index contributed by atoms with van der Waals surface area (Å²) < 4.78 is 5.06. The summed E-state index contributed by atoms with van der Waals surface area (Å²) in [6.45, 7) is 7.39. The van der Waals surface area contributed by atoms with Gasteiger partial charge in [-0.3, -0.25) is 4.79 Å². The summed E-state index contributed by atoms with van der Waals surface area (Å²) in [6, 6.07) is 0. The fourth-order valence-corrected chi connectivity index (χ4v) is 2.94. The Hall–Kier alpha value is -0.570. The van der Waals surface area contributed by atoms with Crippen LogP contribution in [-0.2, 0) is 9.53 Å². The number of nitrogens with one attached hydrogen (secondary N) is 1. The largest absolute Gasteiger partial charge is 0.468 e. The molecular weight excluding hydrogens is 214 g/mol. The summed E-state index contributed by atoms with van der Waals surface area (Å²) >= 11 is 0. The minimum absolute atomic E-state index is 0.0651. The lowest BCUT2D eigenvalue weighted by Gasteiger charge is -2.42. The molecule has 0 saturated heterocycles. The standard InChI is InChI=1S/C14H27NO2/c1-5-12-8-6-7-9-14(12,13(16)17-4)15-10-11(2)3/h11-12,15H,5-10H2,1-4H3. The second-order valence-electron chi connectivity index (χ2n) is 5.59. The molecule has 2 unspecified atom stereocenters. The molecule has 1 saturated carbocycles. The van der Waals surface area contributed by atoms with E-state index in [4.69, 9.17) is 4.74 Å². The molecule has 1 aliphatic rings. The molecule has 0 aromatic carbocycles. The van der Waals surface area contributed by atoms with Crippen molar-refractivity contribution in [2.24, 2.45) is 11.8 Å². The number of ether oxygens (including phenoxy) is 1. The molecule has 0 aromatic heterocycles. The number of methoxy groups -OCH3 is 1. The van der Waals surface area contributed by atoms with E-state index >= 15 is 0 Å². The maximum atomic E-state index is 12.2. The SMILES string of the molecule is CCC1CCCCC1(NCC(C)C)C(=O)OC. The van der Waals surface area contributed by atoms with Crippen molar-refractivity contribution < 1.29 is 9.53 Å². The summed E-state index contributed by atoms with van der Waals surface area (Å²) in [5.74, 6) is 0.906. The summed E-state index contributed by atoms with van der Waals surface area (Å²) in [6.07, 6.45) is 5.46. The minimum Gasteiger partial charge on any atom is -0.468 e. The van der Waals surface area contributed by atoms with Gasteiger partial charge in [0.05, 0.1) is 7.11 Å². The Kier molecular flexibility index (Phi) is 5.44. The average Bonchev–Trinajstić information content (AvgIpc) is 2.35. The van der Waals surface area contributed by atoms with Gasteiger partial charge in [-0.25, -0.2) is 0 Å². The van der Waals surface area contributed by atoms with Crippen molar-refractivity contribution in [1.29, 1.82) is 0 Å². The number of carbonyl (C=O) groups is 1. The third-order valence-electron chi connectivity index (χ3n) is 3.94. The zero-order valence-corrected chi connectivity index (χ0v) is 11.7. The monoisotopic (exact) mass is 241 g/mol. The Morgan fingerprint density at radius 3 is 2.71 bits per heavy atom. The molecule has 3 nitrogen and oxygen atoms in total. The summed E-state index contributed by atoms with van der Waals surface area (Å²) in [7, 11) is 1.50. The predicted molar refractivity (Wildman–Crippen MR) is 69.8 cm³/mol. The lowest BCUT2D eigenvalue weighted by atomic mass is 9.71. The highest BCUT2D eigenvalue weighted by Gasteiger charge is 2.46. The van der Waals surface area contributed by atoms with Gasteiger partial charge in [0.15, 0.2) is 0 Å². The fourth-order valence-electron chi connectivity index (χ4n) is 2.94. The third kappa shape index (κ3) is 3.21. The van der Waals surface area contributed by atoms with Crippen LogP contribution >= 0.6 is 0 Å². The molecule has 0 heterocycles. The minimum atomic E-state index is -0.425.